The van der Waals surface area contributed by atoms with E-state index >= 15 is 0 Å². The van der Waals surface area contributed by atoms with E-state index < -0.39 is 10.0 Å². The summed E-state index contributed by atoms with van der Waals surface area (Å²) in [5.74, 6) is 0.901. The number of aromatic nitrogens is 2. The largest absolute Gasteiger partial charge is 0.476 e. The Balaban J connectivity index is 1.71. The van der Waals surface area contributed by atoms with Crippen molar-refractivity contribution in [1.82, 2.24) is 10.2 Å². The third kappa shape index (κ3) is 5.07. The lowest BCUT2D eigenvalue weighted by molar-refractivity contribution is 0.258. The number of anilines is 1. The van der Waals surface area contributed by atoms with Crippen LogP contribution in [0.25, 0.3) is 11.3 Å². The van der Waals surface area contributed by atoms with Gasteiger partial charge in [0.15, 0.2) is 0 Å². The van der Waals surface area contributed by atoms with Crippen molar-refractivity contribution in [1.29, 1.82) is 0 Å². The molecule has 146 valence electrons. The molecular formula is C21H23N3O3S. The Morgan fingerprint density at radius 1 is 1.00 bits per heavy atom. The van der Waals surface area contributed by atoms with Crippen molar-refractivity contribution in [2.75, 3.05) is 11.3 Å². The van der Waals surface area contributed by atoms with E-state index in [4.69, 9.17) is 4.74 Å². The van der Waals surface area contributed by atoms with Crippen LogP contribution in [0.4, 0.5) is 5.69 Å². The van der Waals surface area contributed by atoms with Crippen LogP contribution in [0.2, 0.25) is 0 Å². The molecule has 1 aromatic heterocycles. The van der Waals surface area contributed by atoms with E-state index in [-0.39, 0.29) is 4.90 Å². The van der Waals surface area contributed by atoms with Crippen molar-refractivity contribution in [2.24, 2.45) is 5.92 Å². The molecule has 0 bridgehead atoms. The lowest BCUT2D eigenvalue weighted by atomic mass is 10.1. The number of benzene rings is 2. The number of ether oxygens (including phenoxy) is 1. The monoisotopic (exact) mass is 397 g/mol. The van der Waals surface area contributed by atoms with Crippen LogP contribution in [0.1, 0.15) is 19.4 Å². The molecule has 3 rings (SSSR count). The first-order chi connectivity index (χ1) is 13.3. The highest BCUT2D eigenvalue weighted by atomic mass is 32.2. The third-order valence-corrected chi connectivity index (χ3v) is 5.32. The summed E-state index contributed by atoms with van der Waals surface area (Å²) in [5, 5.41) is 8.25. The van der Waals surface area contributed by atoms with Gasteiger partial charge in [-0.3, -0.25) is 4.72 Å². The van der Waals surface area contributed by atoms with E-state index in [1.807, 2.05) is 19.1 Å². The first-order valence-electron chi connectivity index (χ1n) is 9.00. The van der Waals surface area contributed by atoms with E-state index in [0.717, 1.165) is 11.1 Å². The molecule has 0 unspecified atom stereocenters. The molecule has 0 aliphatic heterocycles. The summed E-state index contributed by atoms with van der Waals surface area (Å²) in [6, 6.07) is 17.4. The van der Waals surface area contributed by atoms with Crippen molar-refractivity contribution in [3.63, 3.8) is 0 Å². The molecule has 1 heterocycles. The molecule has 0 fully saturated rings. The van der Waals surface area contributed by atoms with Crippen molar-refractivity contribution >= 4 is 15.7 Å². The Kier molecular flexibility index (Phi) is 5.94. The average molecular weight is 398 g/mol. The van der Waals surface area contributed by atoms with Crippen LogP contribution in [-0.4, -0.2) is 25.2 Å². The molecule has 0 atom stereocenters. The number of aryl methyl sites for hydroxylation is 1. The maximum absolute atomic E-state index is 12.5. The molecule has 6 nitrogen and oxygen atoms in total. The Morgan fingerprint density at radius 2 is 1.75 bits per heavy atom. The fourth-order valence-corrected chi connectivity index (χ4v) is 3.67. The van der Waals surface area contributed by atoms with Crippen molar-refractivity contribution < 1.29 is 13.2 Å². The van der Waals surface area contributed by atoms with Gasteiger partial charge in [0.05, 0.1) is 17.2 Å². The molecule has 1 N–H and O–H groups in total. The first kappa shape index (κ1) is 19.8. The molecule has 0 aliphatic rings. The standard InChI is InChI=1S/C21H23N3O3S/c1-15(2)14-27-21-12-11-20(22-23-21)17-7-9-18(10-8-17)24-28(25,26)19-6-4-5-16(3)13-19/h4-13,15,24H,14H2,1-3H3. The maximum Gasteiger partial charge on any atom is 0.261 e. The van der Waals surface area contributed by atoms with E-state index in [1.165, 1.54) is 0 Å². The van der Waals surface area contributed by atoms with E-state index in [2.05, 4.69) is 28.8 Å². The number of sulfonamides is 1. The predicted molar refractivity (Wildman–Crippen MR) is 110 cm³/mol. The minimum absolute atomic E-state index is 0.236. The molecule has 7 heteroatoms. The second kappa shape index (κ2) is 8.39. The smallest absolute Gasteiger partial charge is 0.261 e. The van der Waals surface area contributed by atoms with Crippen LogP contribution in [0.3, 0.4) is 0 Å². The summed E-state index contributed by atoms with van der Waals surface area (Å²) < 4.78 is 33.1. The van der Waals surface area contributed by atoms with Crippen molar-refractivity contribution in [3.05, 3.63) is 66.2 Å². The van der Waals surface area contributed by atoms with Gasteiger partial charge in [-0.25, -0.2) is 8.42 Å². The summed E-state index contributed by atoms with van der Waals surface area (Å²) in [4.78, 5) is 0.236. The zero-order valence-electron chi connectivity index (χ0n) is 16.1. The van der Waals surface area contributed by atoms with Crippen LogP contribution in [0, 0.1) is 12.8 Å². The molecule has 0 saturated heterocycles. The second-order valence-corrected chi connectivity index (χ2v) is 8.64. The maximum atomic E-state index is 12.5. The topological polar surface area (TPSA) is 81.2 Å². The fourth-order valence-electron chi connectivity index (χ4n) is 2.51. The van der Waals surface area contributed by atoms with Gasteiger partial charge in [-0.2, -0.15) is 0 Å². The molecule has 0 saturated carbocycles. The minimum atomic E-state index is -3.63. The van der Waals surface area contributed by atoms with E-state index in [0.29, 0.717) is 29.8 Å². The molecule has 0 radical (unpaired) electrons. The quantitative estimate of drug-likeness (QED) is 0.643. The molecule has 0 amide bonds. The normalized spacial score (nSPS) is 11.4. The molecule has 2 aromatic carbocycles. The Bertz CT molecular complexity index is 1030. The Hall–Kier alpha value is -2.93. The lowest BCUT2D eigenvalue weighted by Crippen LogP contribution is -2.12. The van der Waals surface area contributed by atoms with Gasteiger partial charge in [0, 0.05) is 17.3 Å². The van der Waals surface area contributed by atoms with Gasteiger partial charge in [0.1, 0.15) is 0 Å². The van der Waals surface area contributed by atoms with Gasteiger partial charge in [-0.1, -0.05) is 38.1 Å². The number of rotatable bonds is 7. The van der Waals surface area contributed by atoms with Gasteiger partial charge in [0.25, 0.3) is 10.0 Å². The lowest BCUT2D eigenvalue weighted by Gasteiger charge is -2.10. The van der Waals surface area contributed by atoms with Gasteiger partial charge in [-0.15, -0.1) is 10.2 Å². The second-order valence-electron chi connectivity index (χ2n) is 6.96. The van der Waals surface area contributed by atoms with Gasteiger partial charge >= 0.3 is 0 Å². The highest BCUT2D eigenvalue weighted by molar-refractivity contribution is 7.92. The summed E-state index contributed by atoms with van der Waals surface area (Å²) in [5.41, 5.74) is 2.89. The minimum Gasteiger partial charge on any atom is -0.476 e. The summed E-state index contributed by atoms with van der Waals surface area (Å²) in [6.07, 6.45) is 0. The van der Waals surface area contributed by atoms with E-state index in [9.17, 15) is 8.42 Å². The number of nitrogens with zero attached hydrogens (tertiary/aromatic N) is 2. The van der Waals surface area contributed by atoms with Crippen LogP contribution >= 0.6 is 0 Å². The van der Waals surface area contributed by atoms with Crippen LogP contribution in [0.5, 0.6) is 5.88 Å². The average Bonchev–Trinajstić information content (AvgIpc) is 2.67. The van der Waals surface area contributed by atoms with Crippen LogP contribution in [0.15, 0.2) is 65.6 Å². The highest BCUT2D eigenvalue weighted by Gasteiger charge is 2.14. The third-order valence-electron chi connectivity index (χ3n) is 3.94. The van der Waals surface area contributed by atoms with Crippen molar-refractivity contribution in [2.45, 2.75) is 25.7 Å². The van der Waals surface area contributed by atoms with Gasteiger partial charge in [0.2, 0.25) is 5.88 Å². The summed E-state index contributed by atoms with van der Waals surface area (Å²) in [6.45, 7) is 6.57. The van der Waals surface area contributed by atoms with Gasteiger partial charge in [-0.05, 0) is 48.7 Å². The summed E-state index contributed by atoms with van der Waals surface area (Å²) in [7, 11) is -3.63. The van der Waals surface area contributed by atoms with Crippen LogP contribution < -0.4 is 9.46 Å². The Morgan fingerprint density at radius 3 is 2.36 bits per heavy atom. The van der Waals surface area contributed by atoms with Crippen LogP contribution in [-0.2, 0) is 10.0 Å². The zero-order valence-corrected chi connectivity index (χ0v) is 16.9. The Labute approximate surface area is 165 Å². The predicted octanol–water partition coefficient (Wildman–Crippen LogP) is 4.29. The molecular weight excluding hydrogens is 374 g/mol. The molecule has 0 aliphatic carbocycles. The summed E-state index contributed by atoms with van der Waals surface area (Å²) >= 11 is 0. The van der Waals surface area contributed by atoms with Gasteiger partial charge < -0.3 is 4.74 Å². The zero-order chi connectivity index (χ0) is 20.1. The first-order valence-corrected chi connectivity index (χ1v) is 10.5. The van der Waals surface area contributed by atoms with E-state index in [1.54, 1.807) is 48.5 Å². The SMILES string of the molecule is Cc1cccc(S(=O)(=O)Nc2ccc(-c3ccc(OCC(C)C)nn3)cc2)c1. The molecule has 0 spiro atoms. The molecule has 3 aromatic rings. The van der Waals surface area contributed by atoms with Crippen molar-refractivity contribution in [3.8, 4) is 17.1 Å². The number of hydrogen-bond acceptors (Lipinski definition) is 5. The number of nitrogens with one attached hydrogen (secondary N) is 1. The molecule has 28 heavy (non-hydrogen) atoms. The number of hydrogen-bond donors (Lipinski definition) is 1. The highest BCUT2D eigenvalue weighted by Crippen LogP contribution is 2.22. The fraction of sp³-hybridized carbons (Fsp3) is 0.238.